The molecule has 36 nitrogen and oxygen atoms in total. The van der Waals surface area contributed by atoms with Crippen molar-refractivity contribution in [2.45, 2.75) is 149 Å². The number of piperidine rings is 6. The lowest BCUT2D eigenvalue weighted by Crippen LogP contribution is -2.46. The van der Waals surface area contributed by atoms with E-state index in [-0.39, 0.29) is 97.2 Å². The van der Waals surface area contributed by atoms with E-state index >= 15 is 0 Å². The number of hydrogen-bond donors (Lipinski definition) is 8. The molecule has 12 fully saturated rings. The molecule has 18 heterocycles. The van der Waals surface area contributed by atoms with Crippen molar-refractivity contribution in [2.75, 3.05) is 133 Å². The number of nitrogens with zero attached hydrogens (tertiary/aromatic N) is 13. The van der Waals surface area contributed by atoms with E-state index in [1.165, 1.54) is 57.1 Å². The van der Waals surface area contributed by atoms with Crippen LogP contribution in [0.1, 0.15) is 174 Å². The summed E-state index contributed by atoms with van der Waals surface area (Å²) in [5.41, 5.74) is 9.88. The lowest BCUT2D eigenvalue weighted by molar-refractivity contribution is -0.385. The molecule has 6 aromatic heterocycles. The lowest BCUT2D eigenvalue weighted by Gasteiger charge is -2.33. The fraction of sp³-hybridized carbons (Fsp3) is 0.462. The van der Waals surface area contributed by atoms with Gasteiger partial charge in [-0.05, 0) is 191 Å². The molecule has 0 saturated carbocycles. The zero-order chi connectivity index (χ0) is 93.3. The van der Waals surface area contributed by atoms with E-state index in [2.05, 4.69) is 131 Å². The summed E-state index contributed by atoms with van der Waals surface area (Å²) in [6, 6.07) is 19.3. The van der Waals surface area contributed by atoms with Crippen LogP contribution in [0, 0.1) is 42.6 Å². The summed E-state index contributed by atoms with van der Waals surface area (Å²) in [6.07, 6.45) is 22.4. The quantitative estimate of drug-likeness (QED) is 0.0258. The maximum absolute atomic E-state index is 12.4. The SMILES string of the molecule is C=C1CCC2(CCN(c3ccc(C(=O)OC(C)(C)C)cn3)C2)C(=O)N1.C=C1CCC2(CCN(c3ccc(N)cn3)C2)C(=O)N1.C=C1CCC2(CCN(c3ccc(NC(C)=O)cn3)C2)C(=O)N1.C=C1CCC2(CCN(c3ccc([N+](=O)[O-])cn3)C2)C(=O)N1.C=C1CCC2(CCN(c3cccc(C(=O)OC)n3)C2)C(=O)N1.C=C1CCC2(CCN(c3ncc(C(=O)OC)s3)C2)C(=O)N1. The lowest BCUT2D eigenvalue weighted by atomic mass is 9.78. The minimum absolute atomic E-state index is 0.0284. The number of hydrogen-bond acceptors (Lipinski definition) is 29. The average molecular weight is 1800 g/mol. The third-order valence-corrected chi connectivity index (χ3v) is 27.3. The molecule has 6 atom stereocenters. The first-order valence-corrected chi connectivity index (χ1v) is 44.5. The Balaban J connectivity index is 0.000000133. The maximum Gasteiger partial charge on any atom is 0.356 e. The summed E-state index contributed by atoms with van der Waals surface area (Å²) in [5, 5.41) is 31.3. The first-order valence-electron chi connectivity index (χ1n) is 43.6. The van der Waals surface area contributed by atoms with Crippen LogP contribution in [0.4, 0.5) is 51.3 Å². The molecule has 9 N–H and O–H groups in total. The molecule has 37 heteroatoms. The Labute approximate surface area is 759 Å². The standard InChI is InChI=1S/C19H25N3O3.C16H20N4O2.C16H19N3O3.C14H16N4O3.C14H18N4O.C14H17N3O3S/c1-13-7-8-19(17(24)21-13)9-10-22(12-19)15-6-5-14(11-20-15)16(23)25-18(2,3)4;1-11-5-6-16(15(22)18-11)7-8-20(10-16)14-4-3-13(9-17-14)19-12(2)21;1-11-6-7-16(15(21)17-11)8-9-19(10-16)13-5-3-4-12(18-13)14(20)22-2;1-10-4-5-14(13(19)16-10)6-7-17(9-14)12-3-2-11(8-15-12)18(20)21;1-10-4-5-14(13(19)17-10)6-7-18(9-14)12-3-2-11(15)8-16-12;1-9-3-4-14(12(19)16-9)5-6-17(8-14)13-15-7-10(21-13)11(18)20-2/h5-6,11H,1,7-10,12H2,2-4H3,(H,21,24);3-4,9H,1,5-8,10H2,2H3,(H,18,22)(H,19,21);3-5H,1,6-10H2,2H3,(H,17,21);2-3,8H,1,4-7,9H2,(H,16,19);2-3,8H,1,4-7,9,15H2,(H,17,19);7H,1,3-6,8H2,2H3,(H,16,19). The van der Waals surface area contributed by atoms with Gasteiger partial charge in [-0.25, -0.2) is 44.3 Å². The summed E-state index contributed by atoms with van der Waals surface area (Å²) in [6.45, 7) is 38.5. The smallest absolute Gasteiger partial charge is 0.356 e. The number of thiazole rings is 1. The normalized spacial score (nSPS) is 24.9. The number of methoxy groups -OCH3 is 2. The van der Waals surface area contributed by atoms with Crippen LogP contribution in [0.25, 0.3) is 0 Å². The predicted octanol–water partition coefficient (Wildman–Crippen LogP) is 10.2. The summed E-state index contributed by atoms with van der Waals surface area (Å²) >= 11 is 1.30. The molecule has 0 radical (unpaired) electrons. The van der Waals surface area contributed by atoms with E-state index in [1.807, 2.05) is 62.1 Å². The Hall–Kier alpha value is -13.5. The number of nitrogens with one attached hydrogen (secondary N) is 7. The van der Waals surface area contributed by atoms with Crippen molar-refractivity contribution in [3.05, 3.63) is 198 Å². The molecule has 12 saturated heterocycles. The fourth-order valence-electron chi connectivity index (χ4n) is 18.4. The van der Waals surface area contributed by atoms with Gasteiger partial charge >= 0.3 is 17.9 Å². The number of allylic oxidation sites excluding steroid dienone is 6. The summed E-state index contributed by atoms with van der Waals surface area (Å²) < 4.78 is 14.7. The number of pyridine rings is 5. The van der Waals surface area contributed by atoms with Gasteiger partial charge in [-0.1, -0.05) is 56.9 Å². The number of nitrogens with two attached hydrogens (primary N) is 1. The van der Waals surface area contributed by atoms with Gasteiger partial charge in [0.2, 0.25) is 41.4 Å². The molecular weight excluding hydrogens is 1680 g/mol. The number of rotatable bonds is 11. The van der Waals surface area contributed by atoms with Gasteiger partial charge in [0.05, 0.1) is 87.2 Å². The second-order valence-electron chi connectivity index (χ2n) is 36.5. The molecule has 6 unspecified atom stereocenters. The first kappa shape index (κ1) is 94.1. The molecule has 18 rings (SSSR count). The van der Waals surface area contributed by atoms with Crippen molar-refractivity contribution in [1.29, 1.82) is 0 Å². The Bertz CT molecular complexity index is 5430. The van der Waals surface area contributed by atoms with Crippen LogP contribution in [0.15, 0.2) is 171 Å². The highest BCUT2D eigenvalue weighted by Gasteiger charge is 2.53. The van der Waals surface area contributed by atoms with Gasteiger partial charge in [0.15, 0.2) is 10.8 Å². The number of nitrogen functional groups attached to an aromatic ring is 1. The van der Waals surface area contributed by atoms with Gasteiger partial charge < -0.3 is 86.6 Å². The van der Waals surface area contributed by atoms with Crippen molar-refractivity contribution in [2.24, 2.45) is 32.5 Å². The highest BCUT2D eigenvalue weighted by Crippen LogP contribution is 2.47. The predicted molar refractivity (Wildman–Crippen MR) is 491 cm³/mol. The topological polar surface area (TPSA) is 449 Å². The Morgan fingerprint density at radius 2 is 0.792 bits per heavy atom. The van der Waals surface area contributed by atoms with Gasteiger partial charge in [0, 0.05) is 132 Å². The van der Waals surface area contributed by atoms with E-state index in [1.54, 1.807) is 36.7 Å². The number of amides is 7. The molecule has 130 heavy (non-hydrogen) atoms. The molecule has 688 valence electrons. The van der Waals surface area contributed by atoms with E-state index in [9.17, 15) is 58.1 Å². The van der Waals surface area contributed by atoms with Crippen molar-refractivity contribution in [3.63, 3.8) is 0 Å². The Morgan fingerprint density at radius 1 is 0.438 bits per heavy atom. The largest absolute Gasteiger partial charge is 0.465 e. The van der Waals surface area contributed by atoms with Gasteiger partial charge in [-0.3, -0.25) is 43.7 Å². The van der Waals surface area contributed by atoms with Crippen LogP contribution < -0.4 is 72.4 Å². The van der Waals surface area contributed by atoms with Gasteiger partial charge in [-0.2, -0.15) is 0 Å². The first-order chi connectivity index (χ1) is 61.8. The van der Waals surface area contributed by atoms with E-state index in [4.69, 9.17) is 19.9 Å². The second-order valence-corrected chi connectivity index (χ2v) is 37.5. The number of anilines is 8. The minimum Gasteiger partial charge on any atom is -0.465 e. The number of esters is 3. The summed E-state index contributed by atoms with van der Waals surface area (Å²) in [5.74, 6) is 2.97. The zero-order valence-electron chi connectivity index (χ0n) is 74.6. The molecule has 0 aliphatic carbocycles. The van der Waals surface area contributed by atoms with E-state index in [0.29, 0.717) is 66.2 Å². The van der Waals surface area contributed by atoms with Gasteiger partial charge in [0.25, 0.3) is 5.69 Å². The third kappa shape index (κ3) is 21.7. The van der Waals surface area contributed by atoms with Crippen LogP contribution in [0.2, 0.25) is 0 Å². The van der Waals surface area contributed by atoms with Crippen LogP contribution in [0.5, 0.6) is 0 Å². The minimum atomic E-state index is -0.532. The number of carbonyl (C=O) groups is 10. The zero-order valence-corrected chi connectivity index (χ0v) is 75.4. The molecular formula is C93H115N21O15S. The Kier molecular flexibility index (Phi) is 28.4. The Morgan fingerprint density at radius 3 is 1.12 bits per heavy atom. The van der Waals surface area contributed by atoms with Crippen molar-refractivity contribution in [1.82, 2.24) is 61.8 Å². The van der Waals surface area contributed by atoms with Gasteiger partial charge in [0.1, 0.15) is 45.8 Å². The van der Waals surface area contributed by atoms with Crippen LogP contribution in [-0.4, -0.2) is 192 Å². The number of ether oxygens (including phenoxy) is 3. The third-order valence-electron chi connectivity index (χ3n) is 26.3. The molecule has 12 aliphatic rings. The molecule has 6 aromatic rings. The van der Waals surface area contributed by atoms with Crippen molar-refractivity contribution >= 4 is 122 Å². The van der Waals surface area contributed by atoms with E-state index < -0.39 is 16.5 Å². The summed E-state index contributed by atoms with van der Waals surface area (Å²) in [7, 11) is 2.69. The average Bonchev–Trinajstić information content (AvgIpc) is 1.65. The maximum atomic E-state index is 12.4. The molecule has 7 amide bonds. The highest BCUT2D eigenvalue weighted by atomic mass is 32.1. The van der Waals surface area contributed by atoms with Crippen molar-refractivity contribution in [3.8, 4) is 0 Å². The number of aromatic nitrogens is 6. The van der Waals surface area contributed by atoms with Crippen molar-refractivity contribution < 1.29 is 67.1 Å². The molecule has 0 bridgehead atoms. The molecule has 0 aromatic carbocycles. The van der Waals surface area contributed by atoms with Crippen LogP contribution >= 0.6 is 11.3 Å². The second kappa shape index (κ2) is 39.2. The number of carbonyl (C=O) groups excluding carboxylic acids is 10. The molecule has 6 spiro atoms. The number of nitro groups is 1. The van der Waals surface area contributed by atoms with Crippen LogP contribution in [0.3, 0.4) is 0 Å². The highest BCUT2D eigenvalue weighted by molar-refractivity contribution is 7.17. The summed E-state index contributed by atoms with van der Waals surface area (Å²) in [4.78, 5) is 169. The molecule has 12 aliphatic heterocycles. The monoisotopic (exact) mass is 1800 g/mol. The van der Waals surface area contributed by atoms with Gasteiger partial charge in [-0.15, -0.1) is 0 Å². The van der Waals surface area contributed by atoms with E-state index in [0.717, 1.165) is 218 Å². The van der Waals surface area contributed by atoms with Crippen LogP contribution in [-0.2, 0) is 47.8 Å². The fourth-order valence-corrected chi connectivity index (χ4v) is 19.3.